The Labute approximate surface area is 138 Å². The van der Waals surface area contributed by atoms with Gasteiger partial charge in [-0.2, -0.15) is 0 Å². The number of nitrogens with one attached hydrogen (secondary N) is 1. The van der Waals surface area contributed by atoms with Gasteiger partial charge >= 0.3 is 5.97 Å². The first-order chi connectivity index (χ1) is 11.2. The summed E-state index contributed by atoms with van der Waals surface area (Å²) in [4.78, 5) is 23.2. The van der Waals surface area contributed by atoms with Crippen LogP contribution >= 0.6 is 0 Å². The van der Waals surface area contributed by atoms with E-state index < -0.39 is 0 Å². The van der Waals surface area contributed by atoms with Gasteiger partial charge in [0.05, 0.1) is 19.8 Å². The highest BCUT2D eigenvalue weighted by molar-refractivity contribution is 5.96. The highest BCUT2D eigenvalue weighted by Crippen LogP contribution is 2.14. The summed E-state index contributed by atoms with van der Waals surface area (Å²) in [6, 6.07) is 7.21. The van der Waals surface area contributed by atoms with Crippen molar-refractivity contribution in [3.63, 3.8) is 0 Å². The molecule has 0 fully saturated rings. The first-order valence-corrected chi connectivity index (χ1v) is 8.29. The second kappa shape index (κ2) is 11.7. The number of hydrogen-bond acceptors (Lipinski definition) is 5. The first kappa shape index (κ1) is 19.2. The molecule has 5 nitrogen and oxygen atoms in total. The molecule has 0 aliphatic carbocycles. The van der Waals surface area contributed by atoms with Crippen LogP contribution in [0.15, 0.2) is 24.3 Å². The van der Waals surface area contributed by atoms with E-state index >= 15 is 0 Å². The predicted molar refractivity (Wildman–Crippen MR) is 89.9 cm³/mol. The molecule has 1 aromatic rings. The molecule has 0 saturated heterocycles. The second-order valence-electron chi connectivity index (χ2n) is 5.23. The van der Waals surface area contributed by atoms with E-state index in [-0.39, 0.29) is 18.3 Å². The molecule has 0 aromatic heterocycles. The lowest BCUT2D eigenvalue weighted by molar-refractivity contribution is -0.141. The summed E-state index contributed by atoms with van der Waals surface area (Å²) in [5, 5.41) is 2.90. The van der Waals surface area contributed by atoms with Crippen LogP contribution in [0.5, 0.6) is 5.75 Å². The minimum atomic E-state index is -0.301. The molecule has 0 unspecified atom stereocenters. The van der Waals surface area contributed by atoms with E-state index in [1.807, 2.05) is 12.1 Å². The number of ether oxygens (including phenoxy) is 2. The molecule has 23 heavy (non-hydrogen) atoms. The summed E-state index contributed by atoms with van der Waals surface area (Å²) in [6.45, 7) is 5.57. The number of benzene rings is 1. The zero-order valence-corrected chi connectivity index (χ0v) is 14.1. The fourth-order valence-corrected chi connectivity index (χ4v) is 2.03. The maximum atomic E-state index is 12.0. The molecule has 0 amide bonds. The Hall–Kier alpha value is -1.88. The van der Waals surface area contributed by atoms with Gasteiger partial charge in [-0.1, -0.05) is 19.8 Å². The lowest BCUT2D eigenvalue weighted by Crippen LogP contribution is -2.26. The highest BCUT2D eigenvalue weighted by atomic mass is 16.5. The highest BCUT2D eigenvalue weighted by Gasteiger charge is 2.07. The molecule has 1 aromatic carbocycles. The lowest BCUT2D eigenvalue weighted by atomic mass is 10.1. The minimum absolute atomic E-state index is 0.0406. The van der Waals surface area contributed by atoms with Crippen LogP contribution in [0.1, 0.15) is 49.9 Å². The van der Waals surface area contributed by atoms with Crippen LogP contribution in [-0.2, 0) is 9.53 Å². The standard InChI is InChI=1S/C18H27NO4/c1-3-5-6-13-23-16-9-7-15(8-10-16)17(20)11-12-19-14-18(21)22-4-2/h7-10,19H,3-6,11-14H2,1-2H3. The molecule has 0 bridgehead atoms. The Morgan fingerprint density at radius 2 is 1.83 bits per heavy atom. The smallest absolute Gasteiger partial charge is 0.319 e. The van der Waals surface area contributed by atoms with Gasteiger partial charge in [0.2, 0.25) is 0 Å². The van der Waals surface area contributed by atoms with Crippen molar-refractivity contribution in [2.45, 2.75) is 39.5 Å². The fraction of sp³-hybridized carbons (Fsp3) is 0.556. The van der Waals surface area contributed by atoms with E-state index in [9.17, 15) is 9.59 Å². The largest absolute Gasteiger partial charge is 0.494 e. The molecule has 0 spiro atoms. The van der Waals surface area contributed by atoms with Crippen molar-refractivity contribution in [2.75, 3.05) is 26.3 Å². The molecule has 1 N–H and O–H groups in total. The Morgan fingerprint density at radius 1 is 1.09 bits per heavy atom. The number of unbranched alkanes of at least 4 members (excludes halogenated alkanes) is 2. The number of carbonyl (C=O) groups excluding carboxylic acids is 2. The number of carbonyl (C=O) groups is 2. The van der Waals surface area contributed by atoms with Gasteiger partial charge in [-0.15, -0.1) is 0 Å². The van der Waals surface area contributed by atoms with Crippen molar-refractivity contribution in [3.05, 3.63) is 29.8 Å². The summed E-state index contributed by atoms with van der Waals surface area (Å²) >= 11 is 0. The van der Waals surface area contributed by atoms with Gasteiger partial charge in [-0.25, -0.2) is 0 Å². The number of rotatable bonds is 12. The summed E-state index contributed by atoms with van der Waals surface area (Å²) in [5.74, 6) is 0.529. The SMILES string of the molecule is CCCCCOc1ccc(C(=O)CCNCC(=O)OCC)cc1. The van der Waals surface area contributed by atoms with Gasteiger partial charge in [-0.05, 0) is 37.6 Å². The van der Waals surface area contributed by atoms with Crippen LogP contribution in [0.2, 0.25) is 0 Å². The van der Waals surface area contributed by atoms with Crippen molar-refractivity contribution in [1.29, 1.82) is 0 Å². The Morgan fingerprint density at radius 3 is 2.48 bits per heavy atom. The van der Waals surface area contributed by atoms with E-state index in [2.05, 4.69) is 12.2 Å². The first-order valence-electron chi connectivity index (χ1n) is 8.29. The van der Waals surface area contributed by atoms with E-state index in [4.69, 9.17) is 9.47 Å². The van der Waals surface area contributed by atoms with Gasteiger partial charge in [0, 0.05) is 18.5 Å². The minimum Gasteiger partial charge on any atom is -0.494 e. The Balaban J connectivity index is 2.26. The van der Waals surface area contributed by atoms with Crippen LogP contribution in [0.3, 0.4) is 0 Å². The number of hydrogen-bond donors (Lipinski definition) is 1. The maximum Gasteiger partial charge on any atom is 0.319 e. The van der Waals surface area contributed by atoms with Gasteiger partial charge in [-0.3, -0.25) is 9.59 Å². The molecule has 0 saturated carbocycles. The van der Waals surface area contributed by atoms with Gasteiger partial charge in [0.1, 0.15) is 5.75 Å². The van der Waals surface area contributed by atoms with Crippen molar-refractivity contribution in [1.82, 2.24) is 5.32 Å². The molecule has 0 heterocycles. The topological polar surface area (TPSA) is 64.6 Å². The molecule has 0 radical (unpaired) electrons. The number of Topliss-reactive ketones (excluding diaryl/α,β-unsaturated/α-hetero) is 1. The molecule has 0 aliphatic rings. The molecule has 1 rings (SSSR count). The molecule has 0 atom stereocenters. The molecular weight excluding hydrogens is 294 g/mol. The zero-order chi connectivity index (χ0) is 16.9. The van der Waals surface area contributed by atoms with E-state index in [0.29, 0.717) is 31.7 Å². The van der Waals surface area contributed by atoms with Crippen molar-refractivity contribution in [3.8, 4) is 5.75 Å². The number of esters is 1. The zero-order valence-electron chi connectivity index (χ0n) is 14.1. The monoisotopic (exact) mass is 321 g/mol. The third-order valence-corrected chi connectivity index (χ3v) is 3.30. The van der Waals surface area contributed by atoms with Gasteiger partial charge in [0.15, 0.2) is 5.78 Å². The van der Waals surface area contributed by atoms with Crippen LogP contribution in [0, 0.1) is 0 Å². The average molecular weight is 321 g/mol. The quantitative estimate of drug-likeness (QED) is 0.364. The summed E-state index contributed by atoms with van der Waals surface area (Å²) in [6.07, 6.45) is 3.72. The maximum absolute atomic E-state index is 12.0. The molecular formula is C18H27NO4. The van der Waals surface area contributed by atoms with Crippen molar-refractivity contribution >= 4 is 11.8 Å². The van der Waals surface area contributed by atoms with E-state index in [1.54, 1.807) is 19.1 Å². The van der Waals surface area contributed by atoms with E-state index in [0.717, 1.165) is 18.6 Å². The Kier molecular flexibility index (Phi) is 9.71. The third kappa shape index (κ3) is 8.35. The van der Waals surface area contributed by atoms with Crippen LogP contribution in [0.4, 0.5) is 0 Å². The lowest BCUT2D eigenvalue weighted by Gasteiger charge is -2.07. The fourth-order valence-electron chi connectivity index (χ4n) is 2.03. The second-order valence-corrected chi connectivity index (χ2v) is 5.23. The summed E-state index contributed by atoms with van der Waals surface area (Å²) in [7, 11) is 0. The summed E-state index contributed by atoms with van der Waals surface area (Å²) < 4.78 is 10.4. The van der Waals surface area contributed by atoms with Crippen LogP contribution in [-0.4, -0.2) is 38.1 Å². The van der Waals surface area contributed by atoms with Gasteiger partial charge < -0.3 is 14.8 Å². The predicted octanol–water partition coefficient (Wildman–Crippen LogP) is 2.98. The van der Waals surface area contributed by atoms with Crippen LogP contribution < -0.4 is 10.1 Å². The van der Waals surface area contributed by atoms with Gasteiger partial charge in [0.25, 0.3) is 0 Å². The Bertz CT molecular complexity index is 470. The van der Waals surface area contributed by atoms with Crippen molar-refractivity contribution < 1.29 is 19.1 Å². The van der Waals surface area contributed by atoms with Crippen LogP contribution in [0.25, 0.3) is 0 Å². The molecule has 128 valence electrons. The third-order valence-electron chi connectivity index (χ3n) is 3.30. The molecule has 0 aliphatic heterocycles. The normalized spacial score (nSPS) is 10.3. The molecule has 5 heteroatoms. The van der Waals surface area contributed by atoms with Crippen molar-refractivity contribution in [2.24, 2.45) is 0 Å². The number of ketones is 1. The van der Waals surface area contributed by atoms with E-state index in [1.165, 1.54) is 6.42 Å². The summed E-state index contributed by atoms with van der Waals surface area (Å²) in [5.41, 5.74) is 0.656. The average Bonchev–Trinajstić information content (AvgIpc) is 2.56.